The minimum absolute atomic E-state index is 0.00622. The Morgan fingerprint density at radius 2 is 1.67 bits per heavy atom. The van der Waals surface area contributed by atoms with Crippen LogP contribution in [0.5, 0.6) is 0 Å². The van der Waals surface area contributed by atoms with Crippen molar-refractivity contribution in [2.75, 3.05) is 0 Å². The van der Waals surface area contributed by atoms with Crippen molar-refractivity contribution in [3.8, 4) is 0 Å². The van der Waals surface area contributed by atoms with Crippen LogP contribution in [0.1, 0.15) is 54.1 Å². The fourth-order valence-corrected chi connectivity index (χ4v) is 5.55. The number of para-hydroxylation sites is 1. The maximum Gasteiger partial charge on any atom is 0.329 e. The molecule has 33 heavy (non-hydrogen) atoms. The molecular formula is C25H32N3O4P. The number of rotatable bonds is 7. The Morgan fingerprint density at radius 3 is 2.30 bits per heavy atom. The van der Waals surface area contributed by atoms with Gasteiger partial charge in [0.05, 0.1) is 11.7 Å². The molecule has 0 atom stereocenters. The van der Waals surface area contributed by atoms with Crippen LogP contribution in [0.15, 0.2) is 54.7 Å². The van der Waals surface area contributed by atoms with Crippen LogP contribution in [0.2, 0.25) is 0 Å². The Kier molecular flexibility index (Phi) is 7.17. The molecule has 0 amide bonds. The maximum atomic E-state index is 12.2. The molecule has 0 radical (unpaired) electrons. The molecule has 0 spiro atoms. The van der Waals surface area contributed by atoms with E-state index >= 15 is 0 Å². The molecule has 2 aromatic carbocycles. The molecule has 0 bridgehead atoms. The summed E-state index contributed by atoms with van der Waals surface area (Å²) in [6.07, 6.45) is 5.76. The predicted molar refractivity (Wildman–Crippen MR) is 130 cm³/mol. The highest BCUT2D eigenvalue weighted by molar-refractivity contribution is 7.50. The topological polar surface area (TPSA) is 109 Å². The molecular weight excluding hydrogens is 437 g/mol. The lowest BCUT2D eigenvalue weighted by Gasteiger charge is -2.36. The highest BCUT2D eigenvalue weighted by Gasteiger charge is 2.26. The Morgan fingerprint density at radius 1 is 1.03 bits per heavy atom. The molecule has 4 rings (SSSR count). The fourth-order valence-electron chi connectivity index (χ4n) is 4.86. The monoisotopic (exact) mass is 469 g/mol. The molecule has 8 heteroatoms. The summed E-state index contributed by atoms with van der Waals surface area (Å²) >= 11 is 0. The SMILES string of the molecule is CC(=O)n1cc(CN(Cc2ccc(CP(=O)(O)O)cc2)C2CCC(N)CC2)c2ccccc21. The van der Waals surface area contributed by atoms with Gasteiger partial charge in [0.1, 0.15) is 0 Å². The van der Waals surface area contributed by atoms with Gasteiger partial charge < -0.3 is 15.5 Å². The highest BCUT2D eigenvalue weighted by atomic mass is 31.2. The quantitative estimate of drug-likeness (QED) is 0.447. The standard InChI is InChI=1S/C25H32N3O4P/c1-18(29)28-16-21(24-4-2-3-5-25(24)28)15-27(23-12-10-22(26)11-13-23)14-19-6-8-20(9-7-19)17-33(30,31)32/h2-9,16,22-23H,10-15,17,26H2,1H3,(H2,30,31,32). The van der Waals surface area contributed by atoms with Gasteiger partial charge in [0.15, 0.2) is 0 Å². The van der Waals surface area contributed by atoms with Crippen molar-refractivity contribution < 1.29 is 19.1 Å². The number of nitrogens with two attached hydrogens (primary N) is 1. The van der Waals surface area contributed by atoms with Crippen molar-refractivity contribution >= 4 is 24.4 Å². The van der Waals surface area contributed by atoms with Gasteiger partial charge in [0.25, 0.3) is 0 Å². The van der Waals surface area contributed by atoms with Gasteiger partial charge in [-0.3, -0.25) is 18.8 Å². The van der Waals surface area contributed by atoms with Crippen LogP contribution in [-0.4, -0.2) is 37.2 Å². The summed E-state index contributed by atoms with van der Waals surface area (Å²) < 4.78 is 13.0. The molecule has 176 valence electrons. The first kappa shape index (κ1) is 23.9. The van der Waals surface area contributed by atoms with Crippen molar-refractivity contribution in [1.82, 2.24) is 9.47 Å². The van der Waals surface area contributed by atoms with E-state index in [9.17, 15) is 19.1 Å². The lowest BCUT2D eigenvalue weighted by molar-refractivity contribution is 0.0940. The molecule has 1 heterocycles. The smallest absolute Gasteiger partial charge is 0.328 e. The van der Waals surface area contributed by atoms with Gasteiger partial charge in [-0.05, 0) is 48.4 Å². The van der Waals surface area contributed by atoms with Crippen LogP contribution in [0, 0.1) is 0 Å². The van der Waals surface area contributed by atoms with Crippen LogP contribution < -0.4 is 5.73 Å². The molecule has 4 N–H and O–H groups in total. The van der Waals surface area contributed by atoms with Gasteiger partial charge in [-0.2, -0.15) is 0 Å². The first-order valence-electron chi connectivity index (χ1n) is 11.4. The molecule has 3 aromatic rings. The highest BCUT2D eigenvalue weighted by Crippen LogP contribution is 2.39. The molecule has 0 saturated heterocycles. The molecule has 1 saturated carbocycles. The van der Waals surface area contributed by atoms with E-state index in [0.29, 0.717) is 18.2 Å². The number of benzene rings is 2. The zero-order valence-corrected chi connectivity index (χ0v) is 19.8. The molecule has 0 unspecified atom stereocenters. The zero-order valence-electron chi connectivity index (χ0n) is 18.9. The number of carbonyl (C=O) groups is 1. The summed E-state index contributed by atoms with van der Waals surface area (Å²) in [7, 11) is -4.09. The lowest BCUT2D eigenvalue weighted by Crippen LogP contribution is -2.40. The summed E-state index contributed by atoms with van der Waals surface area (Å²) in [5.41, 5.74) is 9.92. The number of fused-ring (bicyclic) bond motifs is 1. The Hall–Kier alpha value is -2.28. The van der Waals surface area contributed by atoms with Crippen molar-refractivity contribution in [2.24, 2.45) is 5.73 Å². The summed E-state index contributed by atoms with van der Waals surface area (Å²) in [6.45, 7) is 3.01. The summed E-state index contributed by atoms with van der Waals surface area (Å²) in [5.74, 6) is -0.00622. The van der Waals surface area contributed by atoms with Crippen molar-refractivity contribution in [1.29, 1.82) is 0 Å². The third-order valence-electron chi connectivity index (χ3n) is 6.56. The molecule has 0 aliphatic heterocycles. The van der Waals surface area contributed by atoms with Crippen LogP contribution >= 0.6 is 7.60 Å². The lowest BCUT2D eigenvalue weighted by atomic mass is 9.90. The Balaban J connectivity index is 1.60. The average Bonchev–Trinajstić information content (AvgIpc) is 3.13. The van der Waals surface area contributed by atoms with E-state index in [1.807, 2.05) is 36.5 Å². The zero-order chi connectivity index (χ0) is 23.6. The molecule has 7 nitrogen and oxygen atoms in total. The summed E-state index contributed by atoms with van der Waals surface area (Å²) in [5, 5.41) is 1.09. The van der Waals surface area contributed by atoms with E-state index in [0.717, 1.165) is 54.3 Å². The summed E-state index contributed by atoms with van der Waals surface area (Å²) in [4.78, 5) is 33.1. The van der Waals surface area contributed by atoms with Gasteiger partial charge in [0, 0.05) is 43.7 Å². The normalized spacial score (nSPS) is 19.3. The minimum Gasteiger partial charge on any atom is -0.328 e. The van der Waals surface area contributed by atoms with E-state index in [2.05, 4.69) is 11.0 Å². The van der Waals surface area contributed by atoms with Crippen LogP contribution in [-0.2, 0) is 23.8 Å². The van der Waals surface area contributed by atoms with E-state index in [1.165, 1.54) is 0 Å². The molecule has 1 aromatic heterocycles. The van der Waals surface area contributed by atoms with Crippen molar-refractivity contribution in [3.05, 3.63) is 71.4 Å². The molecule has 1 fully saturated rings. The maximum absolute atomic E-state index is 12.2. The van der Waals surface area contributed by atoms with E-state index in [1.54, 1.807) is 23.6 Å². The van der Waals surface area contributed by atoms with Crippen molar-refractivity contribution in [3.63, 3.8) is 0 Å². The Bertz CT molecular complexity index is 1160. The first-order valence-corrected chi connectivity index (χ1v) is 13.2. The third kappa shape index (κ3) is 5.99. The predicted octanol–water partition coefficient (Wildman–Crippen LogP) is 4.25. The van der Waals surface area contributed by atoms with E-state index < -0.39 is 7.60 Å². The molecule has 1 aliphatic carbocycles. The second kappa shape index (κ2) is 9.92. The number of nitrogens with zero attached hydrogens (tertiary/aromatic N) is 2. The van der Waals surface area contributed by atoms with Crippen LogP contribution in [0.4, 0.5) is 0 Å². The van der Waals surface area contributed by atoms with Crippen LogP contribution in [0.3, 0.4) is 0 Å². The minimum atomic E-state index is -4.09. The Labute approximate surface area is 194 Å². The number of hydrogen-bond acceptors (Lipinski definition) is 4. The third-order valence-corrected chi connectivity index (χ3v) is 7.34. The van der Waals surface area contributed by atoms with E-state index in [4.69, 9.17) is 5.73 Å². The van der Waals surface area contributed by atoms with Gasteiger partial charge in [-0.15, -0.1) is 0 Å². The van der Waals surface area contributed by atoms with Crippen molar-refractivity contribution in [2.45, 2.75) is 63.9 Å². The second-order valence-corrected chi connectivity index (χ2v) is 10.8. The molecule has 1 aliphatic rings. The van der Waals surface area contributed by atoms with Gasteiger partial charge >= 0.3 is 7.60 Å². The van der Waals surface area contributed by atoms with Gasteiger partial charge in [-0.25, -0.2) is 0 Å². The number of aromatic nitrogens is 1. The number of hydrogen-bond donors (Lipinski definition) is 3. The second-order valence-electron chi connectivity index (χ2n) is 9.17. The van der Waals surface area contributed by atoms with Crippen LogP contribution in [0.25, 0.3) is 10.9 Å². The summed E-state index contributed by atoms with van der Waals surface area (Å²) in [6, 6.07) is 16.1. The fraction of sp³-hybridized carbons (Fsp3) is 0.400. The first-order chi connectivity index (χ1) is 15.7. The van der Waals surface area contributed by atoms with Gasteiger partial charge in [0.2, 0.25) is 5.91 Å². The largest absolute Gasteiger partial charge is 0.329 e. The van der Waals surface area contributed by atoms with E-state index in [-0.39, 0.29) is 18.1 Å². The van der Waals surface area contributed by atoms with Gasteiger partial charge in [-0.1, -0.05) is 42.5 Å². The number of carbonyl (C=O) groups excluding carboxylic acids is 1. The average molecular weight is 470 g/mol.